The fourth-order valence-corrected chi connectivity index (χ4v) is 2.22. The average molecular weight is 274 g/mol. The lowest BCUT2D eigenvalue weighted by Gasteiger charge is -2.11. The van der Waals surface area contributed by atoms with Crippen LogP contribution in [0.4, 0.5) is 8.78 Å². The molecule has 1 heterocycles. The molecule has 0 N–H and O–H groups in total. The molecule has 4 heteroatoms. The minimum atomic E-state index is -2.81. The van der Waals surface area contributed by atoms with E-state index in [9.17, 15) is 8.78 Å². The Morgan fingerprint density at radius 1 is 1.33 bits per heavy atom. The fourth-order valence-electron chi connectivity index (χ4n) is 1.75. The van der Waals surface area contributed by atoms with Crippen LogP contribution >= 0.6 is 15.9 Å². The van der Waals surface area contributed by atoms with Crippen molar-refractivity contribution in [2.24, 2.45) is 7.05 Å². The molecule has 1 aromatic carbocycles. The Bertz CT molecular complexity index is 511. The summed E-state index contributed by atoms with van der Waals surface area (Å²) >= 11 is 3.35. The first kappa shape index (κ1) is 10.6. The van der Waals surface area contributed by atoms with Gasteiger partial charge in [0.25, 0.3) is 5.92 Å². The maximum atomic E-state index is 13.2. The van der Waals surface area contributed by atoms with Crippen LogP contribution in [0.1, 0.15) is 12.6 Å². The van der Waals surface area contributed by atoms with Crippen LogP contribution in [0.2, 0.25) is 0 Å². The second-order valence-electron chi connectivity index (χ2n) is 3.65. The number of aromatic nitrogens is 1. The molecule has 2 rings (SSSR count). The predicted octanol–water partition coefficient (Wildman–Crippen LogP) is 4.05. The number of rotatable bonds is 1. The third kappa shape index (κ3) is 1.67. The molecule has 0 saturated heterocycles. The Morgan fingerprint density at radius 3 is 2.53 bits per heavy atom. The molecular weight excluding hydrogens is 264 g/mol. The van der Waals surface area contributed by atoms with E-state index in [-0.39, 0.29) is 5.69 Å². The monoisotopic (exact) mass is 273 g/mol. The molecule has 0 unspecified atom stereocenters. The lowest BCUT2D eigenvalue weighted by atomic mass is 10.2. The van der Waals surface area contributed by atoms with Crippen LogP contribution < -0.4 is 0 Å². The minimum Gasteiger partial charge on any atom is -0.343 e. The molecule has 0 atom stereocenters. The molecule has 0 aliphatic heterocycles. The predicted molar refractivity (Wildman–Crippen MR) is 60.2 cm³/mol. The molecule has 2 aromatic rings. The molecule has 0 saturated carbocycles. The minimum absolute atomic E-state index is 0.0319. The first-order chi connectivity index (χ1) is 6.91. The van der Waals surface area contributed by atoms with Gasteiger partial charge in [0.2, 0.25) is 0 Å². The van der Waals surface area contributed by atoms with Gasteiger partial charge in [-0.15, -0.1) is 0 Å². The van der Waals surface area contributed by atoms with Crippen molar-refractivity contribution in [3.63, 3.8) is 0 Å². The topological polar surface area (TPSA) is 4.93 Å². The van der Waals surface area contributed by atoms with Gasteiger partial charge in [-0.1, -0.05) is 22.0 Å². The van der Waals surface area contributed by atoms with E-state index in [1.807, 2.05) is 18.2 Å². The highest BCUT2D eigenvalue weighted by Crippen LogP contribution is 2.34. The van der Waals surface area contributed by atoms with Gasteiger partial charge in [-0.25, -0.2) is 8.78 Å². The summed E-state index contributed by atoms with van der Waals surface area (Å²) in [5.74, 6) is -2.81. The number of benzene rings is 1. The number of alkyl halides is 2. The van der Waals surface area contributed by atoms with Crippen LogP contribution in [0.25, 0.3) is 10.9 Å². The Morgan fingerprint density at radius 2 is 2.00 bits per heavy atom. The second kappa shape index (κ2) is 3.30. The van der Waals surface area contributed by atoms with Crippen LogP contribution in [-0.2, 0) is 13.0 Å². The van der Waals surface area contributed by atoms with Crippen molar-refractivity contribution < 1.29 is 8.78 Å². The number of hydrogen-bond acceptors (Lipinski definition) is 0. The van der Waals surface area contributed by atoms with Crippen LogP contribution in [-0.4, -0.2) is 4.57 Å². The van der Waals surface area contributed by atoms with Crippen molar-refractivity contribution in [1.29, 1.82) is 0 Å². The highest BCUT2D eigenvalue weighted by atomic mass is 79.9. The number of fused-ring (bicyclic) bond motifs is 1. The highest BCUT2D eigenvalue weighted by molar-refractivity contribution is 9.10. The first-order valence-electron chi connectivity index (χ1n) is 4.53. The lowest BCUT2D eigenvalue weighted by molar-refractivity contribution is 0.0103. The van der Waals surface area contributed by atoms with Crippen molar-refractivity contribution in [3.05, 3.63) is 34.4 Å². The number of hydrogen-bond donors (Lipinski definition) is 0. The molecule has 0 bridgehead atoms. The third-order valence-electron chi connectivity index (χ3n) is 2.48. The third-order valence-corrected chi connectivity index (χ3v) is 3.17. The quantitative estimate of drug-likeness (QED) is 0.739. The molecule has 0 fully saturated rings. The van der Waals surface area contributed by atoms with Crippen LogP contribution in [0.3, 0.4) is 0 Å². The number of nitrogens with zero attached hydrogens (tertiary/aromatic N) is 1. The zero-order valence-corrected chi connectivity index (χ0v) is 9.98. The Labute approximate surface area is 94.8 Å². The molecule has 0 aliphatic rings. The van der Waals surface area contributed by atoms with E-state index < -0.39 is 5.92 Å². The molecule has 15 heavy (non-hydrogen) atoms. The van der Waals surface area contributed by atoms with Crippen LogP contribution in [0, 0.1) is 0 Å². The summed E-state index contributed by atoms with van der Waals surface area (Å²) in [6.07, 6.45) is 0. The molecule has 0 spiro atoms. The van der Waals surface area contributed by atoms with Crippen molar-refractivity contribution in [1.82, 2.24) is 4.57 Å². The van der Waals surface area contributed by atoms with E-state index in [2.05, 4.69) is 15.9 Å². The van der Waals surface area contributed by atoms with Gasteiger partial charge in [-0.2, -0.15) is 0 Å². The SMILES string of the molecule is Cn1c(C(C)(F)F)cc2c(Br)cccc21. The fraction of sp³-hybridized carbons (Fsp3) is 0.273. The Kier molecular flexibility index (Phi) is 2.34. The molecular formula is C11H10BrF2N. The zero-order valence-electron chi connectivity index (χ0n) is 8.39. The Hall–Kier alpha value is -0.900. The largest absolute Gasteiger partial charge is 0.343 e. The molecule has 0 aliphatic carbocycles. The van der Waals surface area contributed by atoms with E-state index in [1.54, 1.807) is 7.05 Å². The van der Waals surface area contributed by atoms with Gasteiger partial charge in [-0.05, 0) is 18.2 Å². The summed E-state index contributed by atoms with van der Waals surface area (Å²) in [6, 6.07) is 7.04. The van der Waals surface area contributed by atoms with Crippen molar-refractivity contribution >= 4 is 26.8 Å². The first-order valence-corrected chi connectivity index (χ1v) is 5.33. The second-order valence-corrected chi connectivity index (χ2v) is 4.50. The average Bonchev–Trinajstić information content (AvgIpc) is 2.45. The molecule has 0 radical (unpaired) electrons. The van der Waals surface area contributed by atoms with Gasteiger partial charge in [0.15, 0.2) is 0 Å². The Balaban J connectivity index is 2.81. The van der Waals surface area contributed by atoms with Crippen molar-refractivity contribution in [3.8, 4) is 0 Å². The summed E-state index contributed by atoms with van der Waals surface area (Å²) in [5, 5.41) is 0.816. The van der Waals surface area contributed by atoms with Gasteiger partial charge in [-0.3, -0.25) is 0 Å². The molecule has 80 valence electrons. The molecule has 1 aromatic heterocycles. The molecule has 1 nitrogen and oxygen atoms in total. The van der Waals surface area contributed by atoms with Gasteiger partial charge in [0.1, 0.15) is 0 Å². The van der Waals surface area contributed by atoms with E-state index in [4.69, 9.17) is 0 Å². The number of halogens is 3. The van der Waals surface area contributed by atoms with Crippen LogP contribution in [0.5, 0.6) is 0 Å². The maximum absolute atomic E-state index is 13.2. The smallest absolute Gasteiger partial charge is 0.285 e. The van der Waals surface area contributed by atoms with E-state index in [1.165, 1.54) is 10.6 Å². The van der Waals surface area contributed by atoms with Gasteiger partial charge >= 0.3 is 0 Å². The normalized spacial score (nSPS) is 12.3. The van der Waals surface area contributed by atoms with Gasteiger partial charge in [0.05, 0.1) is 5.69 Å². The van der Waals surface area contributed by atoms with Crippen molar-refractivity contribution in [2.45, 2.75) is 12.8 Å². The summed E-state index contributed by atoms with van der Waals surface area (Å²) in [5.41, 5.74) is 0.838. The maximum Gasteiger partial charge on any atom is 0.285 e. The van der Waals surface area contributed by atoms with Crippen molar-refractivity contribution in [2.75, 3.05) is 0 Å². The number of aryl methyl sites for hydroxylation is 1. The van der Waals surface area contributed by atoms with E-state index >= 15 is 0 Å². The standard InChI is InChI=1S/C11H10BrF2N/c1-11(13,14)10-6-7-8(12)4-3-5-9(7)15(10)2/h3-6H,1-2H3. The summed E-state index contributed by atoms with van der Waals surface area (Å²) < 4.78 is 28.9. The lowest BCUT2D eigenvalue weighted by Crippen LogP contribution is -2.12. The molecule has 0 amide bonds. The van der Waals surface area contributed by atoms with Crippen LogP contribution in [0.15, 0.2) is 28.7 Å². The summed E-state index contributed by atoms with van der Waals surface area (Å²) in [4.78, 5) is 0. The van der Waals surface area contributed by atoms with Gasteiger partial charge < -0.3 is 4.57 Å². The van der Waals surface area contributed by atoms with Gasteiger partial charge in [0, 0.05) is 29.3 Å². The van der Waals surface area contributed by atoms with E-state index in [0.29, 0.717) is 0 Å². The summed E-state index contributed by atoms with van der Waals surface area (Å²) in [7, 11) is 1.65. The summed E-state index contributed by atoms with van der Waals surface area (Å²) in [6.45, 7) is 0.912. The highest BCUT2D eigenvalue weighted by Gasteiger charge is 2.28. The van der Waals surface area contributed by atoms with E-state index in [0.717, 1.165) is 22.3 Å². The zero-order chi connectivity index (χ0) is 11.2.